The van der Waals surface area contributed by atoms with Crippen LogP contribution < -0.4 is 15.5 Å². The zero-order valence-corrected chi connectivity index (χ0v) is 21.0. The molecule has 2 aromatic carbocycles. The quantitative estimate of drug-likeness (QED) is 0.292. The fourth-order valence-electron chi connectivity index (χ4n) is 5.31. The molecule has 3 amide bonds. The van der Waals surface area contributed by atoms with Gasteiger partial charge in [-0.05, 0) is 49.9 Å². The standard InChI is InChI=1S/C27H24ClFN2O6/c1-14-6-3-4-11-27(14)25(34)31(26(35)30-27)13-21(32)37-16-9-10-17-20(12-16)36-15(2)22(24(17)33)23-18(28)7-5-8-19(23)29/h5,7-10,12,14H,3-4,6,11,13H2,1-2H3,(H,30,35)/t14-,27+/m1/s1. The van der Waals surface area contributed by atoms with Gasteiger partial charge in [-0.1, -0.05) is 37.4 Å². The predicted molar refractivity (Wildman–Crippen MR) is 134 cm³/mol. The maximum atomic E-state index is 14.5. The smallest absolute Gasteiger partial charge is 0.331 e. The van der Waals surface area contributed by atoms with E-state index in [4.69, 9.17) is 20.8 Å². The van der Waals surface area contributed by atoms with E-state index < -0.39 is 41.2 Å². The highest BCUT2D eigenvalue weighted by Gasteiger charge is 2.55. The fraction of sp³-hybridized carbons (Fsp3) is 0.333. The minimum atomic E-state index is -0.974. The third-order valence-electron chi connectivity index (χ3n) is 7.27. The number of hydrogen-bond acceptors (Lipinski definition) is 6. The van der Waals surface area contributed by atoms with Crippen molar-refractivity contribution < 1.29 is 27.9 Å². The molecule has 2 aliphatic rings. The van der Waals surface area contributed by atoms with E-state index in [1.807, 2.05) is 6.92 Å². The number of benzene rings is 2. The molecule has 3 aromatic rings. The minimum Gasteiger partial charge on any atom is -0.460 e. The van der Waals surface area contributed by atoms with Crippen molar-refractivity contribution in [3.05, 3.63) is 63.2 Å². The van der Waals surface area contributed by atoms with Crippen LogP contribution in [0.1, 0.15) is 38.4 Å². The third kappa shape index (κ3) is 4.17. The maximum absolute atomic E-state index is 14.5. The number of imide groups is 1. The van der Waals surface area contributed by atoms with Gasteiger partial charge < -0.3 is 14.5 Å². The van der Waals surface area contributed by atoms with Crippen molar-refractivity contribution in [2.75, 3.05) is 6.54 Å². The number of nitrogens with one attached hydrogen (secondary N) is 1. The second-order valence-electron chi connectivity index (χ2n) is 9.53. The Morgan fingerprint density at radius 1 is 1.22 bits per heavy atom. The summed E-state index contributed by atoms with van der Waals surface area (Å²) in [6.07, 6.45) is 3.16. The molecule has 1 spiro atoms. The molecule has 2 fully saturated rings. The van der Waals surface area contributed by atoms with E-state index in [0.717, 1.165) is 24.2 Å². The van der Waals surface area contributed by atoms with Crippen molar-refractivity contribution in [2.45, 2.75) is 45.1 Å². The molecule has 1 N–H and O–H groups in total. The number of rotatable bonds is 4. The van der Waals surface area contributed by atoms with Crippen molar-refractivity contribution in [3.8, 4) is 16.9 Å². The molecule has 192 valence electrons. The third-order valence-corrected chi connectivity index (χ3v) is 7.59. The zero-order chi connectivity index (χ0) is 26.5. The average molecular weight is 527 g/mol. The Labute approximate surface area is 216 Å². The summed E-state index contributed by atoms with van der Waals surface area (Å²) in [5.41, 5.74) is -1.39. The summed E-state index contributed by atoms with van der Waals surface area (Å²) in [7, 11) is 0. The van der Waals surface area contributed by atoms with Gasteiger partial charge in [0, 0.05) is 11.6 Å². The summed E-state index contributed by atoms with van der Waals surface area (Å²) in [4.78, 5) is 52.3. The number of carbonyl (C=O) groups excluding carboxylic acids is 3. The van der Waals surface area contributed by atoms with E-state index >= 15 is 0 Å². The van der Waals surface area contributed by atoms with Gasteiger partial charge in [-0.3, -0.25) is 14.5 Å². The number of esters is 1. The number of urea groups is 1. The van der Waals surface area contributed by atoms with Crippen LogP contribution in [0.15, 0.2) is 45.6 Å². The molecule has 0 radical (unpaired) electrons. The molecule has 1 aliphatic heterocycles. The maximum Gasteiger partial charge on any atom is 0.331 e. The molecule has 2 atom stereocenters. The fourth-order valence-corrected chi connectivity index (χ4v) is 5.56. The normalized spacial score (nSPS) is 21.5. The molecular weight excluding hydrogens is 503 g/mol. The Morgan fingerprint density at radius 3 is 2.73 bits per heavy atom. The summed E-state index contributed by atoms with van der Waals surface area (Å²) >= 11 is 6.15. The average Bonchev–Trinajstić information content (AvgIpc) is 3.07. The predicted octanol–water partition coefficient (Wildman–Crippen LogP) is 4.97. The van der Waals surface area contributed by atoms with Gasteiger partial charge in [0.15, 0.2) is 0 Å². The highest BCUT2D eigenvalue weighted by molar-refractivity contribution is 6.33. The first-order valence-corrected chi connectivity index (χ1v) is 12.4. The Balaban J connectivity index is 1.38. The van der Waals surface area contributed by atoms with Gasteiger partial charge >= 0.3 is 12.0 Å². The monoisotopic (exact) mass is 526 g/mol. The van der Waals surface area contributed by atoms with Gasteiger partial charge in [0.25, 0.3) is 5.91 Å². The van der Waals surface area contributed by atoms with Crippen LogP contribution in [-0.4, -0.2) is 34.9 Å². The Morgan fingerprint density at radius 2 is 2.00 bits per heavy atom. The van der Waals surface area contributed by atoms with Crippen LogP contribution in [0, 0.1) is 18.7 Å². The Kier molecular flexibility index (Phi) is 6.27. The first-order chi connectivity index (χ1) is 17.6. The lowest BCUT2D eigenvalue weighted by atomic mass is 9.73. The summed E-state index contributed by atoms with van der Waals surface area (Å²) in [5, 5.41) is 3.01. The molecule has 5 rings (SSSR count). The van der Waals surface area contributed by atoms with Crippen LogP contribution in [0.5, 0.6) is 5.75 Å². The van der Waals surface area contributed by atoms with Gasteiger partial charge in [-0.15, -0.1) is 0 Å². The number of amides is 3. The van der Waals surface area contributed by atoms with E-state index in [1.165, 1.54) is 43.3 Å². The van der Waals surface area contributed by atoms with Gasteiger partial charge in [0.2, 0.25) is 5.43 Å². The molecule has 37 heavy (non-hydrogen) atoms. The minimum absolute atomic E-state index is 0.00442. The van der Waals surface area contributed by atoms with E-state index in [1.54, 1.807) is 0 Å². The van der Waals surface area contributed by atoms with Gasteiger partial charge in [0.05, 0.1) is 16.0 Å². The summed E-state index contributed by atoms with van der Waals surface area (Å²) < 4.78 is 25.6. The van der Waals surface area contributed by atoms with Crippen molar-refractivity contribution >= 4 is 40.5 Å². The van der Waals surface area contributed by atoms with Crippen LogP contribution in [0.4, 0.5) is 9.18 Å². The lowest BCUT2D eigenvalue weighted by Crippen LogP contribution is -2.54. The Bertz CT molecular complexity index is 1500. The lowest BCUT2D eigenvalue weighted by Gasteiger charge is -2.36. The van der Waals surface area contributed by atoms with Crippen molar-refractivity contribution in [3.63, 3.8) is 0 Å². The number of hydrogen-bond donors (Lipinski definition) is 1. The van der Waals surface area contributed by atoms with Crippen LogP contribution in [-0.2, 0) is 9.59 Å². The van der Waals surface area contributed by atoms with Crippen molar-refractivity contribution in [1.82, 2.24) is 10.2 Å². The van der Waals surface area contributed by atoms with Crippen LogP contribution in [0.3, 0.4) is 0 Å². The number of halogens is 2. The highest BCUT2D eigenvalue weighted by atomic mass is 35.5. The number of fused-ring (bicyclic) bond motifs is 1. The Hall–Kier alpha value is -3.72. The molecule has 1 saturated carbocycles. The molecule has 10 heteroatoms. The number of ether oxygens (including phenoxy) is 1. The van der Waals surface area contributed by atoms with E-state index in [0.29, 0.717) is 6.42 Å². The van der Waals surface area contributed by atoms with Gasteiger partial charge in [-0.2, -0.15) is 0 Å². The van der Waals surface area contributed by atoms with Gasteiger partial charge in [0.1, 0.15) is 35.0 Å². The van der Waals surface area contributed by atoms with E-state index in [2.05, 4.69) is 5.32 Å². The molecular formula is C27H24ClFN2O6. The molecule has 1 aliphatic carbocycles. The van der Waals surface area contributed by atoms with E-state index in [9.17, 15) is 23.6 Å². The first-order valence-electron chi connectivity index (χ1n) is 12.0. The number of carbonyl (C=O) groups is 3. The molecule has 1 saturated heterocycles. The van der Waals surface area contributed by atoms with Crippen LogP contribution >= 0.6 is 11.6 Å². The second-order valence-corrected chi connectivity index (χ2v) is 9.94. The van der Waals surface area contributed by atoms with E-state index in [-0.39, 0.29) is 44.5 Å². The SMILES string of the molecule is Cc1oc2cc(OC(=O)CN3C(=O)N[C@]4(CCCC[C@H]4C)C3=O)ccc2c(=O)c1-c1c(F)cccc1Cl. The van der Waals surface area contributed by atoms with Crippen LogP contribution in [0.25, 0.3) is 22.1 Å². The molecule has 8 nitrogen and oxygen atoms in total. The topological polar surface area (TPSA) is 106 Å². The van der Waals surface area contributed by atoms with Crippen molar-refractivity contribution in [2.24, 2.45) is 5.92 Å². The second kappa shape index (κ2) is 9.30. The van der Waals surface area contributed by atoms with Crippen LogP contribution in [0.2, 0.25) is 5.02 Å². The molecule has 0 unspecified atom stereocenters. The molecule has 2 heterocycles. The summed E-state index contributed by atoms with van der Waals surface area (Å²) in [6, 6.07) is 7.64. The first kappa shape index (κ1) is 25.0. The summed E-state index contributed by atoms with van der Waals surface area (Å²) in [6.45, 7) is 2.89. The number of aryl methyl sites for hydroxylation is 1. The molecule has 1 aromatic heterocycles. The summed E-state index contributed by atoms with van der Waals surface area (Å²) in [5.74, 6) is -1.73. The molecule has 0 bridgehead atoms. The highest BCUT2D eigenvalue weighted by Crippen LogP contribution is 2.38. The van der Waals surface area contributed by atoms with Gasteiger partial charge in [-0.25, -0.2) is 14.0 Å². The largest absolute Gasteiger partial charge is 0.460 e. The number of nitrogens with zero attached hydrogens (tertiary/aromatic N) is 1. The van der Waals surface area contributed by atoms with Crippen molar-refractivity contribution in [1.29, 1.82) is 0 Å². The lowest BCUT2D eigenvalue weighted by molar-refractivity contribution is -0.142. The zero-order valence-electron chi connectivity index (χ0n) is 20.2.